The Balaban J connectivity index is 1.74. The maximum atomic E-state index is 9.90. The molecule has 1 saturated carbocycles. The molecule has 0 spiro atoms. The standard InChI is InChI=1S/C18H28N2O/c1-12(2)20-10-14-5-4-6-15(11-20)18(14)19-16-8-7-13(3)17(21)9-16/h7-9,12,14-15,18-19,21H,4-6,10-11H2,1-3H3. The number of anilines is 1. The largest absolute Gasteiger partial charge is 0.508 e. The molecule has 1 heterocycles. The van der Waals surface area contributed by atoms with Crippen LogP contribution >= 0.6 is 0 Å². The summed E-state index contributed by atoms with van der Waals surface area (Å²) in [5.41, 5.74) is 2.01. The summed E-state index contributed by atoms with van der Waals surface area (Å²) >= 11 is 0. The van der Waals surface area contributed by atoms with Crippen molar-refractivity contribution < 1.29 is 5.11 Å². The minimum atomic E-state index is 0.393. The van der Waals surface area contributed by atoms with E-state index in [1.165, 1.54) is 32.4 Å². The first-order valence-corrected chi connectivity index (χ1v) is 8.35. The predicted octanol–water partition coefficient (Wildman–Crippen LogP) is 3.62. The Hall–Kier alpha value is -1.22. The highest BCUT2D eigenvalue weighted by Crippen LogP contribution is 2.37. The van der Waals surface area contributed by atoms with Crippen LogP contribution in [-0.2, 0) is 0 Å². The van der Waals surface area contributed by atoms with Gasteiger partial charge in [-0.3, -0.25) is 0 Å². The van der Waals surface area contributed by atoms with Crippen molar-refractivity contribution in [3.63, 3.8) is 0 Å². The molecule has 1 aromatic carbocycles. The minimum absolute atomic E-state index is 0.393. The summed E-state index contributed by atoms with van der Waals surface area (Å²) in [7, 11) is 0. The molecule has 116 valence electrons. The van der Waals surface area contributed by atoms with Crippen molar-refractivity contribution in [3.05, 3.63) is 23.8 Å². The van der Waals surface area contributed by atoms with Gasteiger partial charge in [-0.15, -0.1) is 0 Å². The van der Waals surface area contributed by atoms with Gasteiger partial charge in [0.25, 0.3) is 0 Å². The SMILES string of the molecule is Cc1ccc(NC2C3CCCC2CN(C(C)C)C3)cc1O. The van der Waals surface area contributed by atoms with Crippen LogP contribution in [0.15, 0.2) is 18.2 Å². The van der Waals surface area contributed by atoms with E-state index in [1.54, 1.807) is 0 Å². The number of aromatic hydroxyl groups is 1. The van der Waals surface area contributed by atoms with Gasteiger partial charge in [0.15, 0.2) is 0 Å². The van der Waals surface area contributed by atoms with Gasteiger partial charge >= 0.3 is 0 Å². The molecule has 0 aromatic heterocycles. The fraction of sp³-hybridized carbons (Fsp3) is 0.667. The van der Waals surface area contributed by atoms with Gasteiger partial charge in [0.1, 0.15) is 5.75 Å². The van der Waals surface area contributed by atoms with Crippen molar-refractivity contribution in [3.8, 4) is 5.75 Å². The van der Waals surface area contributed by atoms with Gasteiger partial charge in [0, 0.05) is 36.9 Å². The van der Waals surface area contributed by atoms with Crippen LogP contribution in [0.5, 0.6) is 5.75 Å². The summed E-state index contributed by atoms with van der Waals surface area (Å²) in [5.74, 6) is 1.87. The van der Waals surface area contributed by atoms with Crippen LogP contribution in [0.4, 0.5) is 5.69 Å². The summed E-state index contributed by atoms with van der Waals surface area (Å²) < 4.78 is 0. The quantitative estimate of drug-likeness (QED) is 0.891. The molecule has 3 rings (SSSR count). The second-order valence-electron chi connectivity index (χ2n) is 7.17. The number of nitrogens with one attached hydrogen (secondary N) is 1. The van der Waals surface area contributed by atoms with E-state index in [4.69, 9.17) is 0 Å². The molecule has 2 N–H and O–H groups in total. The first kappa shape index (κ1) is 14.7. The Labute approximate surface area is 128 Å². The lowest BCUT2D eigenvalue weighted by molar-refractivity contribution is 0.0518. The van der Waals surface area contributed by atoms with Crippen molar-refractivity contribution in [1.29, 1.82) is 0 Å². The number of piperidine rings is 1. The van der Waals surface area contributed by atoms with Crippen molar-refractivity contribution in [2.45, 2.75) is 52.1 Å². The fourth-order valence-electron chi connectivity index (χ4n) is 4.02. The average molecular weight is 288 g/mol. The molecule has 2 atom stereocenters. The molecule has 2 fully saturated rings. The van der Waals surface area contributed by atoms with E-state index >= 15 is 0 Å². The highest BCUT2D eigenvalue weighted by atomic mass is 16.3. The van der Waals surface area contributed by atoms with Crippen LogP contribution in [0, 0.1) is 18.8 Å². The van der Waals surface area contributed by atoms with Gasteiger partial charge in [-0.25, -0.2) is 0 Å². The van der Waals surface area contributed by atoms with Crippen LogP contribution in [0.2, 0.25) is 0 Å². The maximum Gasteiger partial charge on any atom is 0.120 e. The smallest absolute Gasteiger partial charge is 0.120 e. The number of hydrogen-bond acceptors (Lipinski definition) is 3. The average Bonchev–Trinajstić information content (AvgIpc) is 2.42. The van der Waals surface area contributed by atoms with E-state index in [0.717, 1.165) is 23.1 Å². The zero-order chi connectivity index (χ0) is 15.0. The van der Waals surface area contributed by atoms with E-state index in [-0.39, 0.29) is 0 Å². The van der Waals surface area contributed by atoms with Gasteiger partial charge in [-0.05, 0) is 57.1 Å². The second-order valence-corrected chi connectivity index (χ2v) is 7.17. The van der Waals surface area contributed by atoms with E-state index in [0.29, 0.717) is 17.8 Å². The van der Waals surface area contributed by atoms with Gasteiger partial charge in [-0.1, -0.05) is 12.5 Å². The van der Waals surface area contributed by atoms with E-state index in [2.05, 4.69) is 30.1 Å². The number of fused-ring (bicyclic) bond motifs is 2. The number of nitrogens with zero attached hydrogens (tertiary/aromatic N) is 1. The Morgan fingerprint density at radius 1 is 1.19 bits per heavy atom. The Morgan fingerprint density at radius 2 is 1.86 bits per heavy atom. The molecule has 0 amide bonds. The molecule has 0 radical (unpaired) electrons. The fourth-order valence-corrected chi connectivity index (χ4v) is 4.02. The molecule has 1 aliphatic carbocycles. The lowest BCUT2D eigenvalue weighted by Gasteiger charge is -2.49. The highest BCUT2D eigenvalue weighted by Gasteiger charge is 2.39. The molecule has 1 saturated heterocycles. The first-order chi connectivity index (χ1) is 10.0. The Kier molecular flexibility index (Phi) is 4.12. The van der Waals surface area contributed by atoms with Crippen LogP contribution < -0.4 is 5.32 Å². The Morgan fingerprint density at radius 3 is 2.43 bits per heavy atom. The number of likely N-dealkylation sites (tertiary alicyclic amines) is 1. The van der Waals surface area contributed by atoms with E-state index < -0.39 is 0 Å². The zero-order valence-corrected chi connectivity index (χ0v) is 13.5. The van der Waals surface area contributed by atoms with Crippen LogP contribution in [0.1, 0.15) is 38.7 Å². The van der Waals surface area contributed by atoms with Crippen molar-refractivity contribution in [2.75, 3.05) is 18.4 Å². The molecule has 21 heavy (non-hydrogen) atoms. The number of hydrogen-bond donors (Lipinski definition) is 2. The molecule has 3 nitrogen and oxygen atoms in total. The van der Waals surface area contributed by atoms with Crippen molar-refractivity contribution >= 4 is 5.69 Å². The second kappa shape index (κ2) is 5.88. The summed E-state index contributed by atoms with van der Waals surface area (Å²) in [6, 6.07) is 7.18. The van der Waals surface area contributed by atoms with Gasteiger partial charge in [0.2, 0.25) is 0 Å². The Bertz CT molecular complexity index is 486. The topological polar surface area (TPSA) is 35.5 Å². The monoisotopic (exact) mass is 288 g/mol. The molecule has 1 aromatic rings. The lowest BCUT2D eigenvalue weighted by atomic mass is 9.73. The number of phenols is 1. The van der Waals surface area contributed by atoms with Crippen LogP contribution in [0.25, 0.3) is 0 Å². The number of aryl methyl sites for hydroxylation is 1. The van der Waals surface area contributed by atoms with Crippen molar-refractivity contribution in [2.24, 2.45) is 11.8 Å². The van der Waals surface area contributed by atoms with Crippen molar-refractivity contribution in [1.82, 2.24) is 4.90 Å². The molecule has 2 bridgehead atoms. The summed E-state index contributed by atoms with van der Waals surface area (Å²) in [5, 5.41) is 13.6. The van der Waals surface area contributed by atoms with Crippen LogP contribution in [-0.4, -0.2) is 35.2 Å². The third-order valence-corrected chi connectivity index (χ3v) is 5.38. The normalized spacial score (nSPS) is 29.6. The molecular weight excluding hydrogens is 260 g/mol. The summed E-state index contributed by atoms with van der Waals surface area (Å²) in [6.07, 6.45) is 4.03. The first-order valence-electron chi connectivity index (χ1n) is 8.35. The number of rotatable bonds is 3. The molecule has 2 unspecified atom stereocenters. The predicted molar refractivity (Wildman–Crippen MR) is 87.8 cm³/mol. The molecule has 1 aliphatic heterocycles. The van der Waals surface area contributed by atoms with Gasteiger partial charge < -0.3 is 15.3 Å². The number of benzene rings is 1. The minimum Gasteiger partial charge on any atom is -0.508 e. The third-order valence-electron chi connectivity index (χ3n) is 5.38. The number of phenolic OH excluding ortho intramolecular Hbond substituents is 1. The summed E-state index contributed by atoms with van der Waals surface area (Å²) in [4.78, 5) is 2.64. The summed E-state index contributed by atoms with van der Waals surface area (Å²) in [6.45, 7) is 8.98. The molecule has 2 aliphatic rings. The zero-order valence-electron chi connectivity index (χ0n) is 13.5. The molecular formula is C18H28N2O. The highest BCUT2D eigenvalue weighted by molar-refractivity contribution is 5.51. The van der Waals surface area contributed by atoms with Gasteiger partial charge in [0.05, 0.1) is 0 Å². The van der Waals surface area contributed by atoms with E-state index in [1.807, 2.05) is 19.1 Å². The molecule has 3 heteroatoms. The van der Waals surface area contributed by atoms with E-state index in [9.17, 15) is 5.11 Å². The van der Waals surface area contributed by atoms with Gasteiger partial charge in [-0.2, -0.15) is 0 Å². The van der Waals surface area contributed by atoms with Crippen LogP contribution in [0.3, 0.4) is 0 Å². The third kappa shape index (κ3) is 3.03. The lowest BCUT2D eigenvalue weighted by Crippen LogP contribution is -2.56. The maximum absolute atomic E-state index is 9.90.